The first-order valence-electron chi connectivity index (χ1n) is 7.09. The lowest BCUT2D eigenvalue weighted by atomic mass is 9.94. The van der Waals surface area contributed by atoms with Crippen LogP contribution in [0.4, 0.5) is 15.8 Å². The topological polar surface area (TPSA) is 72.2 Å². The number of non-ortho nitro benzene ring substituents is 1. The maximum atomic E-state index is 13.9. The van der Waals surface area contributed by atoms with Crippen LogP contribution in [0.3, 0.4) is 0 Å². The summed E-state index contributed by atoms with van der Waals surface area (Å²) >= 11 is 0. The third-order valence-corrected chi connectivity index (χ3v) is 5.55. The van der Waals surface area contributed by atoms with Gasteiger partial charge in [0, 0.05) is 33.9 Å². The van der Waals surface area contributed by atoms with Crippen LogP contribution in [0.5, 0.6) is 0 Å². The van der Waals surface area contributed by atoms with Crippen molar-refractivity contribution in [3.63, 3.8) is 0 Å². The van der Waals surface area contributed by atoms with Gasteiger partial charge < -0.3 is 5.32 Å². The van der Waals surface area contributed by atoms with Gasteiger partial charge in [-0.05, 0) is 25.3 Å². The van der Waals surface area contributed by atoms with Crippen LogP contribution in [0.2, 0.25) is 0 Å². The molecule has 0 radical (unpaired) electrons. The summed E-state index contributed by atoms with van der Waals surface area (Å²) in [7, 11) is -0.830. The molecule has 3 atom stereocenters. The van der Waals surface area contributed by atoms with Gasteiger partial charge in [0.15, 0.2) is 5.82 Å². The second-order valence-corrected chi connectivity index (χ2v) is 7.23. The quantitative estimate of drug-likeness (QED) is 0.669. The number of hydrogen-bond acceptors (Lipinski definition) is 4. The molecule has 1 aromatic carbocycles. The van der Waals surface area contributed by atoms with Crippen molar-refractivity contribution in [3.8, 4) is 0 Å². The maximum absolute atomic E-state index is 13.9. The molecule has 1 aromatic rings. The molecule has 116 valence electrons. The van der Waals surface area contributed by atoms with Crippen LogP contribution in [0, 0.1) is 15.9 Å². The molecule has 5 nitrogen and oxygen atoms in total. The van der Waals surface area contributed by atoms with Crippen molar-refractivity contribution in [2.75, 3.05) is 11.1 Å². The highest BCUT2D eigenvalue weighted by molar-refractivity contribution is 7.85. The first-order chi connectivity index (χ1) is 10.0. The van der Waals surface area contributed by atoms with Gasteiger partial charge in [-0.3, -0.25) is 14.3 Å². The minimum atomic E-state index is -0.830. The highest BCUT2D eigenvalue weighted by Gasteiger charge is 2.26. The molecule has 1 N–H and O–H groups in total. The minimum absolute atomic E-state index is 0.0650. The Hall–Kier alpha value is -1.50. The van der Waals surface area contributed by atoms with Crippen molar-refractivity contribution < 1.29 is 13.5 Å². The fourth-order valence-corrected chi connectivity index (χ4v) is 4.05. The van der Waals surface area contributed by atoms with Crippen molar-refractivity contribution >= 4 is 22.2 Å². The number of nitrogens with one attached hydrogen (secondary N) is 1. The summed E-state index contributed by atoms with van der Waals surface area (Å²) in [6.07, 6.45) is 3.55. The van der Waals surface area contributed by atoms with Crippen LogP contribution in [0.1, 0.15) is 32.6 Å². The second-order valence-electron chi connectivity index (χ2n) is 5.22. The Morgan fingerprint density at radius 3 is 2.86 bits per heavy atom. The Kier molecular flexibility index (Phi) is 5.27. The number of nitro benzene ring substituents is 1. The predicted molar refractivity (Wildman–Crippen MR) is 81.4 cm³/mol. The highest BCUT2D eigenvalue weighted by atomic mass is 32.2. The summed E-state index contributed by atoms with van der Waals surface area (Å²) in [4.78, 5) is 9.97. The minimum Gasteiger partial charge on any atom is -0.380 e. The zero-order chi connectivity index (χ0) is 15.4. The molecule has 0 amide bonds. The summed E-state index contributed by atoms with van der Waals surface area (Å²) in [6.45, 7) is 1.91. The molecule has 0 heterocycles. The van der Waals surface area contributed by atoms with E-state index in [2.05, 4.69) is 5.32 Å². The summed E-state index contributed by atoms with van der Waals surface area (Å²) in [5, 5.41) is 13.8. The van der Waals surface area contributed by atoms with Crippen LogP contribution in [0.25, 0.3) is 0 Å². The normalized spacial score (nSPS) is 23.5. The molecule has 1 aliphatic carbocycles. The van der Waals surface area contributed by atoms with Gasteiger partial charge in [0.2, 0.25) is 0 Å². The Bertz CT molecular complexity index is 553. The molecular formula is C14H19FN2O3S. The van der Waals surface area contributed by atoms with E-state index in [-0.39, 0.29) is 22.7 Å². The summed E-state index contributed by atoms with van der Waals surface area (Å²) in [5.74, 6) is 0.0199. The second kappa shape index (κ2) is 6.98. The number of anilines is 1. The van der Waals surface area contributed by atoms with Crippen LogP contribution in [-0.2, 0) is 10.8 Å². The molecular weight excluding hydrogens is 295 g/mol. The first kappa shape index (κ1) is 15.9. The molecule has 0 unspecified atom stereocenters. The summed E-state index contributed by atoms with van der Waals surface area (Å²) in [6, 6.07) is 3.67. The van der Waals surface area contributed by atoms with E-state index in [0.29, 0.717) is 5.75 Å². The zero-order valence-corrected chi connectivity index (χ0v) is 12.7. The number of rotatable bonds is 5. The number of hydrogen-bond donors (Lipinski definition) is 1. The largest absolute Gasteiger partial charge is 0.380 e. The third kappa shape index (κ3) is 4.00. The maximum Gasteiger partial charge on any atom is 0.272 e. The van der Waals surface area contributed by atoms with Gasteiger partial charge in [-0.25, -0.2) is 4.39 Å². The average Bonchev–Trinajstić information content (AvgIpc) is 2.48. The van der Waals surface area contributed by atoms with Gasteiger partial charge >= 0.3 is 0 Å². The molecule has 0 saturated heterocycles. The Labute approximate surface area is 125 Å². The van der Waals surface area contributed by atoms with Crippen molar-refractivity contribution in [3.05, 3.63) is 34.1 Å². The average molecular weight is 314 g/mol. The SMILES string of the molecule is CC[S@](=O)[C@@H]1CCC[C@H](Nc2ccc([N+](=O)[O-])cc2F)C1. The number of nitrogens with zero attached hydrogens (tertiary/aromatic N) is 1. The van der Waals surface area contributed by atoms with Gasteiger partial charge in [0.25, 0.3) is 5.69 Å². The zero-order valence-electron chi connectivity index (χ0n) is 11.9. The molecule has 7 heteroatoms. The lowest BCUT2D eigenvalue weighted by molar-refractivity contribution is -0.385. The standard InChI is InChI=1S/C14H19FN2O3S/c1-2-21(20)12-5-3-4-10(8-12)16-14-7-6-11(17(18)19)9-13(14)15/h6-7,9-10,12,16H,2-5,8H2,1H3/t10-,12+,21-/m0/s1. The van der Waals surface area contributed by atoms with E-state index in [9.17, 15) is 18.7 Å². The molecule has 0 aromatic heterocycles. The summed E-state index contributed by atoms with van der Waals surface area (Å²) in [5.41, 5.74) is 0.0141. The van der Waals surface area contributed by atoms with E-state index in [1.54, 1.807) is 0 Å². The lowest BCUT2D eigenvalue weighted by Crippen LogP contribution is -2.33. The van der Waals surface area contributed by atoms with Crippen LogP contribution < -0.4 is 5.32 Å². The fraction of sp³-hybridized carbons (Fsp3) is 0.571. The monoisotopic (exact) mass is 314 g/mol. The predicted octanol–water partition coefficient (Wildman–Crippen LogP) is 3.23. The molecule has 0 aliphatic heterocycles. The van der Waals surface area contributed by atoms with Crippen LogP contribution >= 0.6 is 0 Å². The molecule has 1 fully saturated rings. The van der Waals surface area contributed by atoms with E-state index in [4.69, 9.17) is 0 Å². The van der Waals surface area contributed by atoms with Crippen molar-refractivity contribution in [2.45, 2.75) is 43.9 Å². The lowest BCUT2D eigenvalue weighted by Gasteiger charge is -2.29. The Morgan fingerprint density at radius 1 is 1.48 bits per heavy atom. The third-order valence-electron chi connectivity index (χ3n) is 3.81. The highest BCUT2D eigenvalue weighted by Crippen LogP contribution is 2.27. The molecule has 21 heavy (non-hydrogen) atoms. The Morgan fingerprint density at radius 2 is 2.24 bits per heavy atom. The molecule has 1 saturated carbocycles. The van der Waals surface area contributed by atoms with Gasteiger partial charge in [0.05, 0.1) is 16.7 Å². The van der Waals surface area contributed by atoms with E-state index in [0.717, 1.165) is 31.7 Å². The smallest absolute Gasteiger partial charge is 0.272 e. The van der Waals surface area contributed by atoms with Gasteiger partial charge in [-0.15, -0.1) is 0 Å². The molecule has 0 spiro atoms. The van der Waals surface area contributed by atoms with Gasteiger partial charge in [-0.2, -0.15) is 0 Å². The molecule has 1 aliphatic rings. The van der Waals surface area contributed by atoms with Crippen molar-refractivity contribution in [1.82, 2.24) is 0 Å². The number of nitro groups is 1. The van der Waals surface area contributed by atoms with Crippen LogP contribution in [-0.4, -0.2) is 26.2 Å². The number of benzene rings is 1. The first-order valence-corrected chi connectivity index (χ1v) is 8.47. The van der Waals surface area contributed by atoms with E-state index in [1.165, 1.54) is 12.1 Å². The molecule has 2 rings (SSSR count). The summed E-state index contributed by atoms with van der Waals surface area (Å²) < 4.78 is 25.7. The van der Waals surface area contributed by atoms with E-state index >= 15 is 0 Å². The van der Waals surface area contributed by atoms with E-state index in [1.807, 2.05) is 6.92 Å². The van der Waals surface area contributed by atoms with Crippen LogP contribution in [0.15, 0.2) is 18.2 Å². The fourth-order valence-electron chi connectivity index (χ4n) is 2.71. The van der Waals surface area contributed by atoms with E-state index < -0.39 is 21.5 Å². The van der Waals surface area contributed by atoms with Gasteiger partial charge in [-0.1, -0.05) is 13.3 Å². The Balaban J connectivity index is 2.04. The van der Waals surface area contributed by atoms with Gasteiger partial charge in [0.1, 0.15) is 0 Å². The number of halogens is 1. The van der Waals surface area contributed by atoms with Crippen molar-refractivity contribution in [2.24, 2.45) is 0 Å². The molecule has 0 bridgehead atoms. The van der Waals surface area contributed by atoms with Crippen molar-refractivity contribution in [1.29, 1.82) is 0 Å².